The molecule has 0 amide bonds. The maximum atomic E-state index is 5.68. The largest absolute Gasteiger partial charge is 0.384 e. The molecule has 3 rings (SSSR count). The van der Waals surface area contributed by atoms with Crippen LogP contribution in [0.2, 0.25) is 0 Å². The fraction of sp³-hybridized carbons (Fsp3) is 0.417. The van der Waals surface area contributed by atoms with E-state index in [1.165, 1.54) is 0 Å². The van der Waals surface area contributed by atoms with Crippen LogP contribution in [0, 0.1) is 0 Å². The molecule has 0 bridgehead atoms. The van der Waals surface area contributed by atoms with Gasteiger partial charge in [0.05, 0.1) is 6.04 Å². The summed E-state index contributed by atoms with van der Waals surface area (Å²) in [6.45, 7) is 1.88. The van der Waals surface area contributed by atoms with Gasteiger partial charge < -0.3 is 10.6 Å². The van der Waals surface area contributed by atoms with Crippen LogP contribution in [0.4, 0.5) is 11.8 Å². The predicted octanol–water partition coefficient (Wildman–Crippen LogP) is 1.10. The lowest BCUT2D eigenvalue weighted by Crippen LogP contribution is -2.35. The Hall–Kier alpha value is -2.11. The van der Waals surface area contributed by atoms with Crippen LogP contribution in [-0.4, -0.2) is 32.8 Å². The second-order valence-electron chi connectivity index (χ2n) is 4.49. The summed E-state index contributed by atoms with van der Waals surface area (Å²) in [6.07, 6.45) is 7.67. The molecule has 6 heteroatoms. The van der Waals surface area contributed by atoms with Gasteiger partial charge in [0.1, 0.15) is 5.82 Å². The van der Waals surface area contributed by atoms with Gasteiger partial charge in [-0.25, -0.2) is 4.98 Å². The summed E-state index contributed by atoms with van der Waals surface area (Å²) in [6, 6.07) is 4.16. The van der Waals surface area contributed by atoms with Gasteiger partial charge in [-0.15, -0.1) is 0 Å². The van der Waals surface area contributed by atoms with Crippen LogP contribution in [0.15, 0.2) is 30.7 Å². The van der Waals surface area contributed by atoms with Crippen LogP contribution in [0.25, 0.3) is 0 Å². The van der Waals surface area contributed by atoms with Crippen LogP contribution in [0.1, 0.15) is 18.9 Å². The molecule has 2 aromatic rings. The van der Waals surface area contributed by atoms with Gasteiger partial charge in [-0.3, -0.25) is 4.68 Å². The van der Waals surface area contributed by atoms with Crippen LogP contribution < -0.4 is 10.6 Å². The highest BCUT2D eigenvalue weighted by Gasteiger charge is 2.22. The topological polar surface area (TPSA) is 72.9 Å². The van der Waals surface area contributed by atoms with Crippen LogP contribution in [0.5, 0.6) is 0 Å². The number of nitrogens with two attached hydrogens (primary N) is 1. The number of anilines is 2. The Morgan fingerprint density at radius 3 is 2.72 bits per heavy atom. The molecule has 2 N–H and O–H groups in total. The van der Waals surface area contributed by atoms with Crippen molar-refractivity contribution in [1.82, 2.24) is 19.7 Å². The summed E-state index contributed by atoms with van der Waals surface area (Å²) >= 11 is 0. The monoisotopic (exact) mass is 244 g/mol. The fourth-order valence-electron chi connectivity index (χ4n) is 2.34. The van der Waals surface area contributed by atoms with Crippen molar-refractivity contribution in [1.29, 1.82) is 0 Å². The summed E-state index contributed by atoms with van der Waals surface area (Å²) in [5.74, 6) is 1.25. The van der Waals surface area contributed by atoms with E-state index in [1.54, 1.807) is 12.3 Å². The third-order valence-corrected chi connectivity index (χ3v) is 3.31. The number of rotatable bonds is 2. The zero-order chi connectivity index (χ0) is 12.4. The molecule has 1 saturated heterocycles. The normalized spacial score (nSPS) is 17.0. The molecule has 0 unspecified atom stereocenters. The molecule has 0 radical (unpaired) electrons. The third-order valence-electron chi connectivity index (χ3n) is 3.31. The number of hydrogen-bond acceptors (Lipinski definition) is 5. The maximum absolute atomic E-state index is 5.68. The second-order valence-corrected chi connectivity index (χ2v) is 4.49. The molecule has 1 aliphatic rings. The van der Waals surface area contributed by atoms with Crippen LogP contribution in [-0.2, 0) is 0 Å². The van der Waals surface area contributed by atoms with E-state index in [-0.39, 0.29) is 0 Å². The van der Waals surface area contributed by atoms with E-state index in [1.807, 2.05) is 23.1 Å². The molecule has 0 saturated carbocycles. The van der Waals surface area contributed by atoms with Gasteiger partial charge in [0.25, 0.3) is 0 Å². The Morgan fingerprint density at radius 1 is 1.22 bits per heavy atom. The van der Waals surface area contributed by atoms with Gasteiger partial charge in [0, 0.05) is 31.7 Å². The minimum atomic E-state index is 0.484. The van der Waals surface area contributed by atoms with E-state index in [4.69, 9.17) is 5.73 Å². The Kier molecular flexibility index (Phi) is 2.84. The Balaban J connectivity index is 1.67. The van der Waals surface area contributed by atoms with Gasteiger partial charge >= 0.3 is 0 Å². The molecule has 6 nitrogen and oxygen atoms in total. The average molecular weight is 244 g/mol. The molecule has 0 aliphatic carbocycles. The van der Waals surface area contributed by atoms with Gasteiger partial charge in [-0.05, 0) is 25.0 Å². The SMILES string of the molecule is Nc1ccnc(N2CCC(n3cccn3)CC2)n1. The maximum Gasteiger partial charge on any atom is 0.227 e. The minimum absolute atomic E-state index is 0.484. The molecular weight excluding hydrogens is 228 g/mol. The summed E-state index contributed by atoms with van der Waals surface area (Å²) in [5.41, 5.74) is 5.68. The summed E-state index contributed by atoms with van der Waals surface area (Å²) in [5, 5.41) is 4.30. The van der Waals surface area contributed by atoms with Crippen LogP contribution >= 0.6 is 0 Å². The number of hydrogen-bond donors (Lipinski definition) is 1. The van der Waals surface area contributed by atoms with Crippen molar-refractivity contribution in [3.63, 3.8) is 0 Å². The molecule has 18 heavy (non-hydrogen) atoms. The molecule has 1 fully saturated rings. The highest BCUT2D eigenvalue weighted by Crippen LogP contribution is 2.23. The first-order valence-corrected chi connectivity index (χ1v) is 6.15. The standard InChI is InChI=1S/C12H16N6/c13-11-2-6-14-12(16-11)17-8-3-10(4-9-17)18-7-1-5-15-18/h1-2,5-7,10H,3-4,8-9H2,(H2,13,14,16). The molecule has 2 aromatic heterocycles. The summed E-state index contributed by atoms with van der Waals surface area (Å²) in [4.78, 5) is 10.7. The number of aromatic nitrogens is 4. The highest BCUT2D eigenvalue weighted by molar-refractivity contribution is 5.37. The number of nitrogens with zero attached hydrogens (tertiary/aromatic N) is 5. The molecule has 0 spiro atoms. The third kappa shape index (κ3) is 2.13. The van der Waals surface area contributed by atoms with Crippen molar-refractivity contribution in [3.05, 3.63) is 30.7 Å². The quantitative estimate of drug-likeness (QED) is 0.856. The van der Waals surface area contributed by atoms with Crippen molar-refractivity contribution in [2.24, 2.45) is 0 Å². The van der Waals surface area contributed by atoms with Crippen molar-refractivity contribution in [3.8, 4) is 0 Å². The smallest absolute Gasteiger partial charge is 0.227 e. The fourth-order valence-corrected chi connectivity index (χ4v) is 2.34. The van der Waals surface area contributed by atoms with Crippen molar-refractivity contribution >= 4 is 11.8 Å². The first kappa shape index (κ1) is 11.0. The molecule has 0 atom stereocenters. The van der Waals surface area contributed by atoms with E-state index in [0.717, 1.165) is 31.9 Å². The molecular formula is C12H16N6. The van der Waals surface area contributed by atoms with Gasteiger partial charge in [0.2, 0.25) is 5.95 Å². The molecule has 1 aliphatic heterocycles. The lowest BCUT2D eigenvalue weighted by molar-refractivity contribution is 0.365. The lowest BCUT2D eigenvalue weighted by atomic mass is 10.1. The van der Waals surface area contributed by atoms with Crippen LogP contribution in [0.3, 0.4) is 0 Å². The van der Waals surface area contributed by atoms with Gasteiger partial charge in [-0.2, -0.15) is 10.1 Å². The highest BCUT2D eigenvalue weighted by atomic mass is 15.3. The van der Waals surface area contributed by atoms with E-state index >= 15 is 0 Å². The van der Waals surface area contributed by atoms with Crippen molar-refractivity contribution in [2.45, 2.75) is 18.9 Å². The zero-order valence-electron chi connectivity index (χ0n) is 10.1. The minimum Gasteiger partial charge on any atom is -0.384 e. The predicted molar refractivity (Wildman–Crippen MR) is 69.2 cm³/mol. The number of nitrogen functional groups attached to an aromatic ring is 1. The van der Waals surface area contributed by atoms with E-state index in [2.05, 4.69) is 20.0 Å². The second kappa shape index (κ2) is 4.64. The van der Waals surface area contributed by atoms with Crippen molar-refractivity contribution in [2.75, 3.05) is 23.7 Å². The first-order chi connectivity index (χ1) is 8.83. The Bertz CT molecular complexity index is 501. The van der Waals surface area contributed by atoms with E-state index < -0.39 is 0 Å². The zero-order valence-corrected chi connectivity index (χ0v) is 10.1. The van der Waals surface area contributed by atoms with E-state index in [0.29, 0.717) is 11.9 Å². The lowest BCUT2D eigenvalue weighted by Gasteiger charge is -2.32. The number of piperidine rings is 1. The van der Waals surface area contributed by atoms with Gasteiger partial charge in [-0.1, -0.05) is 0 Å². The molecule has 94 valence electrons. The Labute approximate surface area is 105 Å². The summed E-state index contributed by atoms with van der Waals surface area (Å²) in [7, 11) is 0. The van der Waals surface area contributed by atoms with E-state index in [9.17, 15) is 0 Å². The molecule has 0 aromatic carbocycles. The summed E-state index contributed by atoms with van der Waals surface area (Å²) < 4.78 is 2.04. The average Bonchev–Trinajstić information content (AvgIpc) is 2.93. The Morgan fingerprint density at radius 2 is 2.06 bits per heavy atom. The van der Waals surface area contributed by atoms with Crippen molar-refractivity contribution < 1.29 is 0 Å². The molecule has 3 heterocycles. The first-order valence-electron chi connectivity index (χ1n) is 6.15. The van der Waals surface area contributed by atoms with Gasteiger partial charge in [0.15, 0.2) is 0 Å².